The molecule has 0 spiro atoms. The number of amides is 2. The van der Waals surface area contributed by atoms with Crippen molar-refractivity contribution >= 4 is 23.2 Å². The Bertz CT molecular complexity index is 833. The standard InChI is InChI=1S/C23H29FN4O2/c1-2-27(16-22(29)25-15-18-5-7-19(24)8-6-18)17-23(30)26-20-9-11-21(12-10-20)28-13-3-4-14-28/h5-12H,2-4,13-17H2,1H3,(H,25,29)(H,26,30). The fourth-order valence-corrected chi connectivity index (χ4v) is 3.48. The van der Waals surface area contributed by atoms with Crippen LogP contribution < -0.4 is 15.5 Å². The number of likely N-dealkylation sites (N-methyl/N-ethyl adjacent to an activating group) is 1. The summed E-state index contributed by atoms with van der Waals surface area (Å²) in [5, 5.41) is 5.69. The number of anilines is 2. The first-order valence-corrected chi connectivity index (χ1v) is 10.4. The lowest BCUT2D eigenvalue weighted by Crippen LogP contribution is -2.40. The van der Waals surface area contributed by atoms with Gasteiger partial charge in [-0.05, 0) is 61.3 Å². The lowest BCUT2D eigenvalue weighted by atomic mass is 10.2. The molecule has 160 valence electrons. The molecule has 2 aromatic carbocycles. The molecule has 0 aromatic heterocycles. The number of carbonyl (C=O) groups excluding carboxylic acids is 2. The molecular weight excluding hydrogens is 383 g/mol. The van der Waals surface area contributed by atoms with Gasteiger partial charge in [0.25, 0.3) is 0 Å². The Morgan fingerprint density at radius 2 is 1.60 bits per heavy atom. The first kappa shape index (κ1) is 21.8. The van der Waals surface area contributed by atoms with E-state index in [1.54, 1.807) is 17.0 Å². The van der Waals surface area contributed by atoms with Crippen LogP contribution in [0.15, 0.2) is 48.5 Å². The van der Waals surface area contributed by atoms with Gasteiger partial charge in [-0.2, -0.15) is 0 Å². The molecule has 30 heavy (non-hydrogen) atoms. The second kappa shape index (κ2) is 10.7. The van der Waals surface area contributed by atoms with Gasteiger partial charge in [0.1, 0.15) is 5.82 Å². The molecule has 3 rings (SSSR count). The second-order valence-corrected chi connectivity index (χ2v) is 7.50. The molecule has 0 bridgehead atoms. The SMILES string of the molecule is CCN(CC(=O)NCc1ccc(F)cc1)CC(=O)Nc1ccc(N2CCCC2)cc1. The first-order chi connectivity index (χ1) is 14.5. The van der Waals surface area contributed by atoms with Crippen molar-refractivity contribution in [3.8, 4) is 0 Å². The van der Waals surface area contributed by atoms with Crippen molar-refractivity contribution in [3.05, 3.63) is 59.9 Å². The average Bonchev–Trinajstić information content (AvgIpc) is 3.28. The van der Waals surface area contributed by atoms with Gasteiger partial charge in [-0.15, -0.1) is 0 Å². The quantitative estimate of drug-likeness (QED) is 0.665. The van der Waals surface area contributed by atoms with E-state index in [9.17, 15) is 14.0 Å². The number of hydrogen-bond donors (Lipinski definition) is 2. The number of nitrogens with zero attached hydrogens (tertiary/aromatic N) is 2. The number of benzene rings is 2. The third-order valence-electron chi connectivity index (χ3n) is 5.21. The van der Waals surface area contributed by atoms with Crippen molar-refractivity contribution in [1.82, 2.24) is 10.2 Å². The predicted molar refractivity (Wildman–Crippen MR) is 117 cm³/mol. The van der Waals surface area contributed by atoms with E-state index in [0.717, 1.165) is 24.3 Å². The predicted octanol–water partition coefficient (Wildman–Crippen LogP) is 3.00. The van der Waals surface area contributed by atoms with Crippen LogP contribution in [-0.4, -0.2) is 49.4 Å². The smallest absolute Gasteiger partial charge is 0.238 e. The zero-order chi connectivity index (χ0) is 21.3. The zero-order valence-corrected chi connectivity index (χ0v) is 17.4. The Morgan fingerprint density at radius 1 is 0.967 bits per heavy atom. The molecule has 1 saturated heterocycles. The maximum Gasteiger partial charge on any atom is 0.238 e. The van der Waals surface area contributed by atoms with Crippen molar-refractivity contribution in [1.29, 1.82) is 0 Å². The molecule has 2 aromatic rings. The van der Waals surface area contributed by atoms with Gasteiger partial charge < -0.3 is 15.5 Å². The Kier molecular flexibility index (Phi) is 7.79. The molecule has 1 aliphatic heterocycles. The van der Waals surface area contributed by atoms with Gasteiger partial charge in [0.2, 0.25) is 11.8 Å². The highest BCUT2D eigenvalue weighted by molar-refractivity contribution is 5.92. The fourth-order valence-electron chi connectivity index (χ4n) is 3.48. The summed E-state index contributed by atoms with van der Waals surface area (Å²) in [5.41, 5.74) is 2.75. The van der Waals surface area contributed by atoms with Crippen LogP contribution in [0.25, 0.3) is 0 Å². The summed E-state index contributed by atoms with van der Waals surface area (Å²) in [6.45, 7) is 5.23. The second-order valence-electron chi connectivity index (χ2n) is 7.50. The van der Waals surface area contributed by atoms with Gasteiger partial charge >= 0.3 is 0 Å². The highest BCUT2D eigenvalue weighted by atomic mass is 19.1. The Balaban J connectivity index is 1.43. The molecule has 1 aliphatic rings. The van der Waals surface area contributed by atoms with Crippen molar-refractivity contribution < 1.29 is 14.0 Å². The van der Waals surface area contributed by atoms with Crippen LogP contribution in [0.3, 0.4) is 0 Å². The summed E-state index contributed by atoms with van der Waals surface area (Å²) < 4.78 is 12.9. The minimum Gasteiger partial charge on any atom is -0.372 e. The maximum atomic E-state index is 12.9. The fraction of sp³-hybridized carbons (Fsp3) is 0.391. The van der Waals surface area contributed by atoms with Crippen LogP contribution >= 0.6 is 0 Å². The highest BCUT2D eigenvalue weighted by Crippen LogP contribution is 2.22. The summed E-state index contributed by atoms with van der Waals surface area (Å²) in [5.74, 6) is -0.639. The Morgan fingerprint density at radius 3 is 2.23 bits per heavy atom. The van der Waals surface area contributed by atoms with Gasteiger partial charge in [-0.1, -0.05) is 19.1 Å². The number of rotatable bonds is 9. The molecule has 0 atom stereocenters. The lowest BCUT2D eigenvalue weighted by molar-refractivity contribution is -0.123. The van der Waals surface area contributed by atoms with Crippen molar-refractivity contribution in [2.45, 2.75) is 26.3 Å². The van der Waals surface area contributed by atoms with E-state index >= 15 is 0 Å². The van der Waals surface area contributed by atoms with E-state index in [1.165, 1.54) is 30.7 Å². The number of nitrogens with one attached hydrogen (secondary N) is 2. The number of hydrogen-bond acceptors (Lipinski definition) is 4. The third kappa shape index (κ3) is 6.56. The molecule has 7 heteroatoms. The van der Waals surface area contributed by atoms with E-state index in [4.69, 9.17) is 0 Å². The third-order valence-corrected chi connectivity index (χ3v) is 5.21. The van der Waals surface area contributed by atoms with Gasteiger partial charge in [0.05, 0.1) is 13.1 Å². The largest absolute Gasteiger partial charge is 0.372 e. The minimum atomic E-state index is -0.307. The van der Waals surface area contributed by atoms with Crippen molar-refractivity contribution in [2.75, 3.05) is 42.9 Å². The molecule has 2 amide bonds. The van der Waals surface area contributed by atoms with Gasteiger partial charge in [0, 0.05) is 31.0 Å². The molecule has 0 radical (unpaired) electrons. The van der Waals surface area contributed by atoms with Crippen molar-refractivity contribution in [3.63, 3.8) is 0 Å². The van der Waals surface area contributed by atoms with Crippen LogP contribution in [-0.2, 0) is 16.1 Å². The summed E-state index contributed by atoms with van der Waals surface area (Å²) in [6.07, 6.45) is 2.45. The molecule has 2 N–H and O–H groups in total. The molecular formula is C23H29FN4O2. The summed E-state index contributed by atoms with van der Waals surface area (Å²) >= 11 is 0. The summed E-state index contributed by atoms with van der Waals surface area (Å²) in [6, 6.07) is 13.9. The first-order valence-electron chi connectivity index (χ1n) is 10.4. The normalized spacial score (nSPS) is 13.5. The molecule has 1 fully saturated rings. The van der Waals surface area contributed by atoms with Crippen molar-refractivity contribution in [2.24, 2.45) is 0 Å². The van der Waals surface area contributed by atoms with E-state index in [1.807, 2.05) is 31.2 Å². The molecule has 0 aliphatic carbocycles. The van der Waals surface area contributed by atoms with Gasteiger partial charge in [0.15, 0.2) is 0 Å². The number of carbonyl (C=O) groups is 2. The van der Waals surface area contributed by atoms with Gasteiger partial charge in [-0.25, -0.2) is 4.39 Å². The zero-order valence-electron chi connectivity index (χ0n) is 17.4. The molecule has 0 unspecified atom stereocenters. The van der Waals surface area contributed by atoms with E-state index < -0.39 is 0 Å². The monoisotopic (exact) mass is 412 g/mol. The maximum absolute atomic E-state index is 12.9. The van der Waals surface area contributed by atoms with Crippen LogP contribution in [0.1, 0.15) is 25.3 Å². The van der Waals surface area contributed by atoms with E-state index in [-0.39, 0.29) is 30.7 Å². The summed E-state index contributed by atoms with van der Waals surface area (Å²) in [7, 11) is 0. The Labute approximate surface area is 177 Å². The van der Waals surface area contributed by atoms with E-state index in [2.05, 4.69) is 15.5 Å². The average molecular weight is 413 g/mol. The topological polar surface area (TPSA) is 64.7 Å². The van der Waals surface area contributed by atoms with Gasteiger partial charge in [-0.3, -0.25) is 14.5 Å². The Hall–Kier alpha value is -2.93. The molecule has 6 nitrogen and oxygen atoms in total. The highest BCUT2D eigenvalue weighted by Gasteiger charge is 2.14. The van der Waals surface area contributed by atoms with E-state index in [0.29, 0.717) is 13.1 Å². The van der Waals surface area contributed by atoms with Crippen LogP contribution in [0.4, 0.5) is 15.8 Å². The summed E-state index contributed by atoms with van der Waals surface area (Å²) in [4.78, 5) is 28.7. The van der Waals surface area contributed by atoms with Crippen LogP contribution in [0.2, 0.25) is 0 Å². The lowest BCUT2D eigenvalue weighted by Gasteiger charge is -2.20. The van der Waals surface area contributed by atoms with Crippen LogP contribution in [0, 0.1) is 5.82 Å². The minimum absolute atomic E-state index is 0.124. The molecule has 0 saturated carbocycles. The van der Waals surface area contributed by atoms with Crippen LogP contribution in [0.5, 0.6) is 0 Å². The number of halogens is 1. The molecule has 1 heterocycles.